The molecule has 2 aliphatic carbocycles. The average molecular weight is 491 g/mol. The highest BCUT2D eigenvalue weighted by atomic mass is 19.1. The van der Waals surface area contributed by atoms with Crippen molar-refractivity contribution < 1.29 is 9.50 Å². The molecular formula is C26H31FN8O. The van der Waals surface area contributed by atoms with E-state index >= 15 is 4.39 Å². The predicted molar refractivity (Wildman–Crippen MR) is 133 cm³/mol. The maximum absolute atomic E-state index is 15.2. The van der Waals surface area contributed by atoms with E-state index in [4.69, 9.17) is 5.26 Å². The number of aromatic nitrogens is 6. The van der Waals surface area contributed by atoms with Crippen molar-refractivity contribution in [2.24, 2.45) is 12.5 Å². The summed E-state index contributed by atoms with van der Waals surface area (Å²) in [5.74, 6) is 1.35. The maximum Gasteiger partial charge on any atom is 0.231 e. The number of aryl methyl sites for hydroxylation is 1. The number of phenolic OH excluding ortho intramolecular Hbond substituents is 1. The zero-order valence-electron chi connectivity index (χ0n) is 20.9. The fourth-order valence-electron chi connectivity index (χ4n) is 5.47. The van der Waals surface area contributed by atoms with E-state index in [9.17, 15) is 5.11 Å². The number of rotatable bonds is 7. The summed E-state index contributed by atoms with van der Waals surface area (Å²) in [6.45, 7) is 4.47. The predicted octanol–water partition coefficient (Wildman–Crippen LogP) is 4.58. The first kappa shape index (κ1) is 24.1. The highest BCUT2D eigenvalue weighted by Crippen LogP contribution is 2.46. The van der Waals surface area contributed by atoms with Gasteiger partial charge in [-0.05, 0) is 56.1 Å². The number of benzene rings is 1. The van der Waals surface area contributed by atoms with Crippen molar-refractivity contribution in [3.8, 4) is 34.6 Å². The Morgan fingerprint density at radius 2 is 2.06 bits per heavy atom. The molecular weight excluding hydrogens is 459 g/mol. The summed E-state index contributed by atoms with van der Waals surface area (Å²) < 4.78 is 16.6. The number of hydrogen-bond donors (Lipinski definition) is 1. The van der Waals surface area contributed by atoms with Crippen molar-refractivity contribution in [1.82, 2.24) is 29.9 Å². The van der Waals surface area contributed by atoms with Crippen molar-refractivity contribution in [2.45, 2.75) is 77.0 Å². The second kappa shape index (κ2) is 9.45. The second-order valence-corrected chi connectivity index (χ2v) is 10.4. The Kier molecular flexibility index (Phi) is 6.33. The Morgan fingerprint density at radius 3 is 2.67 bits per heavy atom. The van der Waals surface area contributed by atoms with Gasteiger partial charge in [-0.2, -0.15) is 15.3 Å². The molecule has 3 atom stereocenters. The van der Waals surface area contributed by atoms with Gasteiger partial charge < -0.3 is 10.0 Å². The third-order valence-corrected chi connectivity index (χ3v) is 7.47. The Hall–Kier alpha value is -3.61. The van der Waals surface area contributed by atoms with Crippen molar-refractivity contribution in [3.05, 3.63) is 30.2 Å². The van der Waals surface area contributed by atoms with Gasteiger partial charge in [0.05, 0.1) is 17.8 Å². The maximum atomic E-state index is 15.2. The first-order valence-electron chi connectivity index (χ1n) is 12.6. The topological polar surface area (TPSA) is 117 Å². The van der Waals surface area contributed by atoms with Crippen LogP contribution in [-0.2, 0) is 7.05 Å². The Balaban J connectivity index is 1.39. The van der Waals surface area contributed by atoms with E-state index in [1.54, 1.807) is 25.4 Å². The van der Waals surface area contributed by atoms with Gasteiger partial charge in [-0.3, -0.25) is 0 Å². The van der Waals surface area contributed by atoms with Crippen LogP contribution in [0.15, 0.2) is 24.4 Å². The number of aromatic hydroxyl groups is 1. The van der Waals surface area contributed by atoms with Gasteiger partial charge in [0.25, 0.3) is 0 Å². The molecule has 0 radical (unpaired) electrons. The molecule has 5 rings (SSSR count). The zero-order chi connectivity index (χ0) is 25.4. The van der Waals surface area contributed by atoms with Crippen LogP contribution in [-0.4, -0.2) is 53.3 Å². The molecule has 3 aromatic rings. The highest BCUT2D eigenvalue weighted by Gasteiger charge is 2.45. The number of phenols is 1. The number of alkyl halides is 1. The third kappa shape index (κ3) is 4.62. The van der Waals surface area contributed by atoms with Crippen LogP contribution < -0.4 is 4.90 Å². The van der Waals surface area contributed by atoms with E-state index in [1.165, 1.54) is 10.7 Å². The van der Waals surface area contributed by atoms with Crippen molar-refractivity contribution in [1.29, 1.82) is 5.26 Å². The van der Waals surface area contributed by atoms with Crippen LogP contribution in [0.1, 0.15) is 64.6 Å². The lowest BCUT2D eigenvalue weighted by Crippen LogP contribution is -2.50. The van der Waals surface area contributed by atoms with Crippen LogP contribution >= 0.6 is 0 Å². The lowest BCUT2D eigenvalue weighted by molar-refractivity contribution is 0.0994. The van der Waals surface area contributed by atoms with E-state index in [0.29, 0.717) is 29.2 Å². The molecule has 1 N–H and O–H groups in total. The minimum atomic E-state index is -0.893. The minimum Gasteiger partial charge on any atom is -0.507 e. The van der Waals surface area contributed by atoms with E-state index < -0.39 is 6.17 Å². The summed E-state index contributed by atoms with van der Waals surface area (Å²) in [4.78, 5) is 10.8. The van der Waals surface area contributed by atoms with Crippen LogP contribution in [0.3, 0.4) is 0 Å². The van der Waals surface area contributed by atoms with E-state index in [2.05, 4.69) is 44.0 Å². The molecule has 2 saturated carbocycles. The fraction of sp³-hybridized carbons (Fsp3) is 0.538. The lowest BCUT2D eigenvalue weighted by Gasteiger charge is -2.45. The summed E-state index contributed by atoms with van der Waals surface area (Å²) in [7, 11) is 1.64. The molecule has 0 bridgehead atoms. The fourth-order valence-corrected chi connectivity index (χ4v) is 5.47. The molecule has 0 spiro atoms. The summed E-state index contributed by atoms with van der Waals surface area (Å²) in [6.07, 6.45) is 7.28. The first-order valence-corrected chi connectivity index (χ1v) is 12.6. The smallest absolute Gasteiger partial charge is 0.231 e. The molecule has 0 amide bonds. The first-order chi connectivity index (χ1) is 17.3. The summed E-state index contributed by atoms with van der Waals surface area (Å²) in [5.41, 5.74) is 1.13. The van der Waals surface area contributed by atoms with Gasteiger partial charge in [-0.15, -0.1) is 10.2 Å². The van der Waals surface area contributed by atoms with Gasteiger partial charge >= 0.3 is 0 Å². The Morgan fingerprint density at radius 1 is 1.25 bits per heavy atom. The van der Waals surface area contributed by atoms with Crippen LogP contribution in [0.4, 0.5) is 10.2 Å². The van der Waals surface area contributed by atoms with Crippen LogP contribution in [0.5, 0.6) is 5.75 Å². The number of nitrogens with zero attached hydrogens (tertiary/aromatic N) is 8. The Labute approximate surface area is 210 Å². The normalized spacial score (nSPS) is 23.9. The van der Waals surface area contributed by atoms with Crippen molar-refractivity contribution >= 4 is 5.82 Å². The number of nitriles is 1. The van der Waals surface area contributed by atoms with Crippen molar-refractivity contribution in [3.63, 3.8) is 0 Å². The minimum absolute atomic E-state index is 0.0431. The molecule has 188 valence electrons. The summed E-state index contributed by atoms with van der Waals surface area (Å²) >= 11 is 0. The van der Waals surface area contributed by atoms with E-state index in [1.807, 2.05) is 6.07 Å². The van der Waals surface area contributed by atoms with Gasteiger partial charge in [-0.25, -0.2) is 14.1 Å². The molecule has 2 fully saturated rings. The zero-order valence-corrected chi connectivity index (χ0v) is 20.9. The van der Waals surface area contributed by atoms with Crippen LogP contribution in [0.2, 0.25) is 0 Å². The third-order valence-electron chi connectivity index (χ3n) is 7.47. The van der Waals surface area contributed by atoms with Gasteiger partial charge in [0.1, 0.15) is 18.0 Å². The number of halogens is 1. The largest absolute Gasteiger partial charge is 0.507 e. The van der Waals surface area contributed by atoms with Gasteiger partial charge in [-0.1, -0.05) is 26.3 Å². The SMILES string of the molecule is CCC[C@]1(C)CC[C@H](F)[C@H](N(c2cnc(-c3ccc(-c4nc(C#N)n(C)n4)cc3O)nn2)C2CC2)C1. The van der Waals surface area contributed by atoms with Crippen LogP contribution in [0.25, 0.3) is 22.8 Å². The van der Waals surface area contributed by atoms with Gasteiger partial charge in [0.15, 0.2) is 17.5 Å². The molecule has 2 aliphatic rings. The summed E-state index contributed by atoms with van der Waals surface area (Å²) in [6, 6.07) is 6.96. The molecule has 2 aromatic heterocycles. The highest BCUT2D eigenvalue weighted by molar-refractivity contribution is 5.70. The van der Waals surface area contributed by atoms with Crippen molar-refractivity contribution in [2.75, 3.05) is 4.90 Å². The molecule has 0 aliphatic heterocycles. The lowest BCUT2D eigenvalue weighted by atomic mass is 9.70. The summed E-state index contributed by atoms with van der Waals surface area (Å²) in [5, 5.41) is 32.7. The molecule has 36 heavy (non-hydrogen) atoms. The van der Waals surface area contributed by atoms with Gasteiger partial charge in [0.2, 0.25) is 5.82 Å². The number of hydrogen-bond acceptors (Lipinski definition) is 8. The standard InChI is InChI=1S/C26H31FN8O/c1-4-10-26(2)11-9-19(27)20(13-26)35(17-6-7-17)23-15-29-25(32-31-23)18-8-5-16(12-21(18)36)24-30-22(14-28)34(3)33-24/h5,8,12,15,17,19-20,36H,4,6-7,9-11,13H2,1-3H3/t19-,20+,26+/m0/s1. The molecule has 1 aromatic carbocycles. The quantitative estimate of drug-likeness (QED) is 0.512. The molecule has 0 saturated heterocycles. The molecule has 9 nitrogen and oxygen atoms in total. The Bertz CT molecular complexity index is 1280. The second-order valence-electron chi connectivity index (χ2n) is 10.4. The van der Waals surface area contributed by atoms with E-state index in [-0.39, 0.29) is 34.9 Å². The van der Waals surface area contributed by atoms with E-state index in [0.717, 1.165) is 38.5 Å². The molecule has 10 heteroatoms. The number of anilines is 1. The van der Waals surface area contributed by atoms with Gasteiger partial charge in [0, 0.05) is 18.7 Å². The monoisotopic (exact) mass is 490 g/mol. The molecule has 0 unspecified atom stereocenters. The molecule has 2 heterocycles. The van der Waals surface area contributed by atoms with Crippen LogP contribution in [0, 0.1) is 16.7 Å². The average Bonchev–Trinajstić information content (AvgIpc) is 3.62.